The third kappa shape index (κ3) is 2.71. The first-order valence-electron chi connectivity index (χ1n) is 8.27. The lowest BCUT2D eigenvalue weighted by Crippen LogP contribution is -2.56. The highest BCUT2D eigenvalue weighted by atomic mass is 35.5. The summed E-state index contributed by atoms with van der Waals surface area (Å²) in [6, 6.07) is 10.1. The third-order valence-corrected chi connectivity index (χ3v) is 5.69. The van der Waals surface area contributed by atoms with E-state index in [1.165, 1.54) is 0 Å². The van der Waals surface area contributed by atoms with E-state index in [4.69, 9.17) is 23.2 Å². The van der Waals surface area contributed by atoms with Crippen LogP contribution in [0.2, 0.25) is 10.0 Å². The zero-order chi connectivity index (χ0) is 17.4. The number of piperidine rings is 1. The van der Waals surface area contributed by atoms with E-state index in [2.05, 4.69) is 20.1 Å². The maximum absolute atomic E-state index is 12.7. The summed E-state index contributed by atoms with van der Waals surface area (Å²) in [6.07, 6.45) is 4.63. The summed E-state index contributed by atoms with van der Waals surface area (Å²) in [5, 5.41) is 4.09. The summed E-state index contributed by atoms with van der Waals surface area (Å²) >= 11 is 12.6. The average Bonchev–Trinajstić information content (AvgIpc) is 2.93. The van der Waals surface area contributed by atoms with Crippen LogP contribution in [0, 0.1) is 0 Å². The molecule has 7 heteroatoms. The van der Waals surface area contributed by atoms with Gasteiger partial charge in [-0.1, -0.05) is 41.4 Å². The van der Waals surface area contributed by atoms with Crippen LogP contribution in [0.1, 0.15) is 12.8 Å². The van der Waals surface area contributed by atoms with E-state index in [-0.39, 0.29) is 5.91 Å². The van der Waals surface area contributed by atoms with Gasteiger partial charge in [0.2, 0.25) is 5.91 Å². The summed E-state index contributed by atoms with van der Waals surface area (Å²) in [7, 11) is 0. The van der Waals surface area contributed by atoms with Gasteiger partial charge in [-0.15, -0.1) is 0 Å². The fourth-order valence-electron chi connectivity index (χ4n) is 3.84. The van der Waals surface area contributed by atoms with Crippen molar-refractivity contribution in [2.75, 3.05) is 29.6 Å². The molecule has 1 aromatic heterocycles. The number of aromatic nitrogens is 1. The number of nitrogens with zero attached hydrogens (tertiary/aromatic N) is 3. The number of hydrogen-bond donors (Lipinski definition) is 1. The number of anilines is 2. The molecular weight excluding hydrogens is 359 g/mol. The van der Waals surface area contributed by atoms with Crippen LogP contribution in [-0.4, -0.2) is 36.2 Å². The van der Waals surface area contributed by atoms with Crippen molar-refractivity contribution < 1.29 is 4.79 Å². The van der Waals surface area contributed by atoms with Gasteiger partial charge in [0.05, 0.1) is 22.4 Å². The molecule has 0 atom stereocenters. The predicted molar refractivity (Wildman–Crippen MR) is 100 cm³/mol. The number of amides is 1. The van der Waals surface area contributed by atoms with E-state index in [1.54, 1.807) is 12.4 Å². The van der Waals surface area contributed by atoms with Crippen LogP contribution < -0.4 is 15.1 Å². The number of benzene rings is 1. The first-order valence-corrected chi connectivity index (χ1v) is 9.02. The molecule has 3 heterocycles. The van der Waals surface area contributed by atoms with Gasteiger partial charge in [-0.25, -0.2) is 0 Å². The van der Waals surface area contributed by atoms with Gasteiger partial charge in [0.1, 0.15) is 5.54 Å². The Morgan fingerprint density at radius 3 is 2.32 bits per heavy atom. The van der Waals surface area contributed by atoms with Crippen molar-refractivity contribution in [1.82, 2.24) is 10.3 Å². The van der Waals surface area contributed by atoms with Crippen LogP contribution in [0.25, 0.3) is 0 Å². The Morgan fingerprint density at radius 1 is 1.04 bits per heavy atom. The Morgan fingerprint density at radius 2 is 1.68 bits per heavy atom. The SMILES string of the molecule is O=C1NCN(c2ccccc2)C12CCN(c1c(Cl)cncc1Cl)CC2. The van der Waals surface area contributed by atoms with Crippen LogP contribution in [-0.2, 0) is 4.79 Å². The Kier molecular flexibility index (Phi) is 4.21. The minimum atomic E-state index is -0.510. The molecule has 2 aliphatic heterocycles. The molecule has 2 fully saturated rings. The van der Waals surface area contributed by atoms with Crippen molar-refractivity contribution in [3.63, 3.8) is 0 Å². The second-order valence-electron chi connectivity index (χ2n) is 6.40. The average molecular weight is 377 g/mol. The molecule has 2 aliphatic rings. The predicted octanol–water partition coefficient (Wildman–Crippen LogP) is 3.32. The standard InChI is InChI=1S/C18H18Cl2N4O/c19-14-10-21-11-15(20)16(14)23-8-6-18(7-9-23)17(25)22-12-24(18)13-4-2-1-3-5-13/h1-5,10-11H,6-9,12H2,(H,22,25). The number of carbonyl (C=O) groups is 1. The fourth-order valence-corrected chi connectivity index (χ4v) is 4.44. The highest BCUT2D eigenvalue weighted by Gasteiger charge is 2.50. The van der Waals surface area contributed by atoms with E-state index in [0.29, 0.717) is 42.6 Å². The molecule has 2 aromatic rings. The fraction of sp³-hybridized carbons (Fsp3) is 0.333. The quantitative estimate of drug-likeness (QED) is 0.873. The van der Waals surface area contributed by atoms with Crippen molar-refractivity contribution in [2.45, 2.75) is 18.4 Å². The molecule has 4 rings (SSSR count). The van der Waals surface area contributed by atoms with Crippen molar-refractivity contribution in [3.8, 4) is 0 Å². The molecule has 1 spiro atoms. The van der Waals surface area contributed by atoms with Crippen molar-refractivity contribution in [2.24, 2.45) is 0 Å². The van der Waals surface area contributed by atoms with E-state index in [1.807, 2.05) is 30.3 Å². The van der Waals surface area contributed by atoms with Gasteiger partial charge in [0.15, 0.2) is 0 Å². The highest BCUT2D eigenvalue weighted by Crippen LogP contribution is 2.40. The number of para-hydroxylation sites is 1. The maximum Gasteiger partial charge on any atom is 0.247 e. The first-order chi connectivity index (χ1) is 12.1. The summed E-state index contributed by atoms with van der Waals surface area (Å²) in [5.74, 6) is 0.0999. The number of halogens is 2. The molecule has 130 valence electrons. The van der Waals surface area contributed by atoms with Crippen molar-refractivity contribution in [3.05, 3.63) is 52.8 Å². The lowest BCUT2D eigenvalue weighted by Gasteiger charge is -2.44. The lowest BCUT2D eigenvalue weighted by molar-refractivity contribution is -0.124. The maximum atomic E-state index is 12.7. The minimum absolute atomic E-state index is 0.0999. The van der Waals surface area contributed by atoms with Crippen LogP contribution >= 0.6 is 23.2 Å². The number of rotatable bonds is 2. The van der Waals surface area contributed by atoms with Crippen molar-refractivity contribution in [1.29, 1.82) is 0 Å². The van der Waals surface area contributed by atoms with Gasteiger partial charge in [-0.2, -0.15) is 0 Å². The van der Waals surface area contributed by atoms with Crippen LogP contribution in [0.15, 0.2) is 42.7 Å². The van der Waals surface area contributed by atoms with E-state index < -0.39 is 5.54 Å². The second kappa shape index (κ2) is 6.39. The number of nitrogens with one attached hydrogen (secondary N) is 1. The van der Waals surface area contributed by atoms with Crippen LogP contribution in [0.3, 0.4) is 0 Å². The number of carbonyl (C=O) groups excluding carboxylic acids is 1. The van der Waals surface area contributed by atoms with E-state index >= 15 is 0 Å². The summed E-state index contributed by atoms with van der Waals surface area (Å²) in [6.45, 7) is 1.96. The molecule has 0 aliphatic carbocycles. The number of pyridine rings is 1. The van der Waals surface area contributed by atoms with Gasteiger partial charge in [-0.05, 0) is 25.0 Å². The Hall–Kier alpha value is -1.98. The number of hydrogen-bond acceptors (Lipinski definition) is 4. The molecule has 0 unspecified atom stereocenters. The Balaban J connectivity index is 1.60. The molecule has 1 aromatic carbocycles. The molecule has 1 amide bonds. The highest BCUT2D eigenvalue weighted by molar-refractivity contribution is 6.38. The van der Waals surface area contributed by atoms with Crippen molar-refractivity contribution >= 4 is 40.5 Å². The minimum Gasteiger partial charge on any atom is -0.369 e. The zero-order valence-electron chi connectivity index (χ0n) is 13.6. The molecular formula is C18H18Cl2N4O. The van der Waals surface area contributed by atoms with Gasteiger partial charge in [0.25, 0.3) is 0 Å². The summed E-state index contributed by atoms with van der Waals surface area (Å²) in [5.41, 5.74) is 1.36. The Bertz CT molecular complexity index is 771. The second-order valence-corrected chi connectivity index (χ2v) is 7.21. The molecule has 2 saturated heterocycles. The Labute approximate surface area is 156 Å². The molecule has 0 radical (unpaired) electrons. The first kappa shape index (κ1) is 16.5. The largest absolute Gasteiger partial charge is 0.369 e. The molecule has 25 heavy (non-hydrogen) atoms. The normalized spacial score (nSPS) is 19.4. The zero-order valence-corrected chi connectivity index (χ0v) is 15.1. The van der Waals surface area contributed by atoms with Gasteiger partial charge in [-0.3, -0.25) is 9.78 Å². The molecule has 0 bridgehead atoms. The van der Waals surface area contributed by atoms with Crippen LogP contribution in [0.5, 0.6) is 0 Å². The molecule has 1 N–H and O–H groups in total. The topological polar surface area (TPSA) is 48.5 Å². The third-order valence-electron chi connectivity index (χ3n) is 5.14. The molecule has 5 nitrogen and oxygen atoms in total. The molecule has 0 saturated carbocycles. The smallest absolute Gasteiger partial charge is 0.247 e. The van der Waals surface area contributed by atoms with Gasteiger partial charge in [0, 0.05) is 31.2 Å². The van der Waals surface area contributed by atoms with Gasteiger partial charge >= 0.3 is 0 Å². The van der Waals surface area contributed by atoms with E-state index in [0.717, 1.165) is 11.4 Å². The monoisotopic (exact) mass is 376 g/mol. The van der Waals surface area contributed by atoms with E-state index in [9.17, 15) is 4.79 Å². The van der Waals surface area contributed by atoms with Gasteiger partial charge < -0.3 is 15.1 Å². The van der Waals surface area contributed by atoms with Crippen LogP contribution in [0.4, 0.5) is 11.4 Å². The summed E-state index contributed by atoms with van der Waals surface area (Å²) in [4.78, 5) is 21.0. The summed E-state index contributed by atoms with van der Waals surface area (Å²) < 4.78 is 0. The lowest BCUT2D eigenvalue weighted by atomic mass is 9.85.